The summed E-state index contributed by atoms with van der Waals surface area (Å²) in [5.74, 6) is 0.591. The van der Waals surface area contributed by atoms with Crippen molar-refractivity contribution in [3.05, 3.63) is 35.7 Å². The molecule has 0 radical (unpaired) electrons. The van der Waals surface area contributed by atoms with E-state index < -0.39 is 5.97 Å². The second-order valence-corrected chi connectivity index (χ2v) is 5.52. The molecular formula is C15H17N3O3. The molecular weight excluding hydrogens is 270 g/mol. The maximum atomic E-state index is 10.6. The fourth-order valence-electron chi connectivity index (χ4n) is 2.50. The molecule has 2 heterocycles. The van der Waals surface area contributed by atoms with E-state index in [2.05, 4.69) is 15.1 Å². The fourth-order valence-corrected chi connectivity index (χ4v) is 2.50. The molecule has 1 saturated heterocycles. The van der Waals surface area contributed by atoms with Gasteiger partial charge >= 0.3 is 5.97 Å². The minimum absolute atomic E-state index is 0.231. The molecule has 6 nitrogen and oxygen atoms in total. The molecule has 6 heteroatoms. The Hall–Kier alpha value is -2.21. The molecule has 0 saturated carbocycles. The van der Waals surface area contributed by atoms with Crippen LogP contribution in [0.25, 0.3) is 11.5 Å². The Balaban J connectivity index is 1.57. The minimum Gasteiger partial charge on any atom is -0.481 e. The van der Waals surface area contributed by atoms with Gasteiger partial charge in [-0.05, 0) is 25.0 Å². The number of carbonyl (C=O) groups is 1. The van der Waals surface area contributed by atoms with Gasteiger partial charge in [0, 0.05) is 18.7 Å². The van der Waals surface area contributed by atoms with E-state index in [1.54, 1.807) is 0 Å². The molecule has 0 atom stereocenters. The molecule has 0 amide bonds. The van der Waals surface area contributed by atoms with Crippen LogP contribution in [0.2, 0.25) is 0 Å². The smallest absolute Gasteiger partial charge is 0.303 e. The van der Waals surface area contributed by atoms with E-state index in [9.17, 15) is 4.79 Å². The third-order valence-electron chi connectivity index (χ3n) is 3.62. The number of benzene rings is 1. The fraction of sp³-hybridized carbons (Fsp3) is 0.400. The Morgan fingerprint density at radius 3 is 2.71 bits per heavy atom. The van der Waals surface area contributed by atoms with Crippen LogP contribution >= 0.6 is 0 Å². The molecule has 1 N–H and O–H groups in total. The van der Waals surface area contributed by atoms with Crippen LogP contribution in [0.4, 0.5) is 0 Å². The molecule has 0 unspecified atom stereocenters. The number of rotatable bonds is 5. The highest BCUT2D eigenvalue weighted by Crippen LogP contribution is 2.23. The van der Waals surface area contributed by atoms with Gasteiger partial charge in [-0.2, -0.15) is 0 Å². The predicted molar refractivity (Wildman–Crippen MR) is 75.5 cm³/mol. The Morgan fingerprint density at radius 2 is 2.05 bits per heavy atom. The SMILES string of the molecule is Cc1ccc(-c2nnc(CN3CC(CC(=O)O)C3)o2)cc1. The van der Waals surface area contributed by atoms with Gasteiger partial charge in [0.05, 0.1) is 13.0 Å². The zero-order valence-corrected chi connectivity index (χ0v) is 11.8. The molecule has 1 fully saturated rings. The Bertz CT molecular complexity index is 630. The van der Waals surface area contributed by atoms with Crippen LogP contribution in [0.3, 0.4) is 0 Å². The molecule has 1 aliphatic heterocycles. The van der Waals surface area contributed by atoms with Gasteiger partial charge in [0.15, 0.2) is 0 Å². The second-order valence-electron chi connectivity index (χ2n) is 5.52. The first-order valence-corrected chi connectivity index (χ1v) is 6.94. The first kappa shape index (κ1) is 13.8. The summed E-state index contributed by atoms with van der Waals surface area (Å²) < 4.78 is 5.65. The van der Waals surface area contributed by atoms with Crippen molar-refractivity contribution < 1.29 is 14.3 Å². The minimum atomic E-state index is -0.737. The Labute approximate surface area is 122 Å². The average Bonchev–Trinajstić information content (AvgIpc) is 2.85. The van der Waals surface area contributed by atoms with Gasteiger partial charge in [-0.25, -0.2) is 0 Å². The van der Waals surface area contributed by atoms with Crippen LogP contribution in [-0.4, -0.2) is 39.3 Å². The lowest BCUT2D eigenvalue weighted by atomic mass is 9.97. The number of aryl methyl sites for hydroxylation is 1. The molecule has 0 spiro atoms. The average molecular weight is 287 g/mol. The Morgan fingerprint density at radius 1 is 1.33 bits per heavy atom. The Kier molecular flexibility index (Phi) is 3.70. The van der Waals surface area contributed by atoms with Crippen molar-refractivity contribution in [2.45, 2.75) is 19.9 Å². The number of hydrogen-bond acceptors (Lipinski definition) is 5. The molecule has 1 aromatic heterocycles. The maximum absolute atomic E-state index is 10.6. The molecule has 1 aliphatic rings. The summed E-state index contributed by atoms with van der Waals surface area (Å²) in [7, 11) is 0. The van der Waals surface area contributed by atoms with Crippen molar-refractivity contribution in [3.63, 3.8) is 0 Å². The van der Waals surface area contributed by atoms with Gasteiger partial charge in [-0.1, -0.05) is 17.7 Å². The summed E-state index contributed by atoms with van der Waals surface area (Å²) in [6.45, 7) is 4.15. The quantitative estimate of drug-likeness (QED) is 0.905. The number of aliphatic carboxylic acids is 1. The lowest BCUT2D eigenvalue weighted by Crippen LogP contribution is -2.46. The van der Waals surface area contributed by atoms with Crippen LogP contribution in [0.1, 0.15) is 17.9 Å². The van der Waals surface area contributed by atoms with Crippen LogP contribution in [0.5, 0.6) is 0 Å². The summed E-state index contributed by atoms with van der Waals surface area (Å²) in [6.07, 6.45) is 0.231. The van der Waals surface area contributed by atoms with E-state index in [1.165, 1.54) is 5.56 Å². The van der Waals surface area contributed by atoms with Crippen molar-refractivity contribution in [2.75, 3.05) is 13.1 Å². The highest BCUT2D eigenvalue weighted by atomic mass is 16.4. The van der Waals surface area contributed by atoms with Gasteiger partial charge in [0.2, 0.25) is 11.8 Å². The molecule has 1 aromatic carbocycles. The van der Waals surface area contributed by atoms with E-state index in [-0.39, 0.29) is 12.3 Å². The molecule has 3 rings (SSSR count). The maximum Gasteiger partial charge on any atom is 0.303 e. The van der Waals surface area contributed by atoms with Crippen LogP contribution < -0.4 is 0 Å². The topological polar surface area (TPSA) is 79.5 Å². The largest absolute Gasteiger partial charge is 0.481 e. The number of hydrogen-bond donors (Lipinski definition) is 1. The third-order valence-corrected chi connectivity index (χ3v) is 3.62. The van der Waals surface area contributed by atoms with Crippen molar-refractivity contribution in [1.82, 2.24) is 15.1 Å². The van der Waals surface area contributed by atoms with Gasteiger partial charge in [-0.3, -0.25) is 9.69 Å². The van der Waals surface area contributed by atoms with Gasteiger partial charge < -0.3 is 9.52 Å². The number of aromatic nitrogens is 2. The predicted octanol–water partition coefficient (Wildman–Crippen LogP) is 1.95. The van der Waals surface area contributed by atoms with Crippen molar-refractivity contribution in [2.24, 2.45) is 5.92 Å². The van der Waals surface area contributed by atoms with Crippen molar-refractivity contribution in [3.8, 4) is 11.5 Å². The van der Waals surface area contributed by atoms with Crippen LogP contribution in [-0.2, 0) is 11.3 Å². The van der Waals surface area contributed by atoms with Gasteiger partial charge in [0.1, 0.15) is 0 Å². The van der Waals surface area contributed by atoms with Gasteiger partial charge in [-0.15, -0.1) is 10.2 Å². The summed E-state index contributed by atoms with van der Waals surface area (Å²) in [5, 5.41) is 16.8. The van der Waals surface area contributed by atoms with E-state index in [0.29, 0.717) is 18.3 Å². The highest BCUT2D eigenvalue weighted by Gasteiger charge is 2.29. The van der Waals surface area contributed by atoms with E-state index in [0.717, 1.165) is 18.7 Å². The van der Waals surface area contributed by atoms with Crippen LogP contribution in [0, 0.1) is 12.8 Å². The van der Waals surface area contributed by atoms with Crippen molar-refractivity contribution >= 4 is 5.97 Å². The normalized spacial score (nSPS) is 15.9. The van der Waals surface area contributed by atoms with E-state index >= 15 is 0 Å². The summed E-state index contributed by atoms with van der Waals surface area (Å²) in [5.41, 5.74) is 2.09. The molecule has 110 valence electrons. The monoisotopic (exact) mass is 287 g/mol. The zero-order chi connectivity index (χ0) is 14.8. The molecule has 0 bridgehead atoms. The molecule has 21 heavy (non-hydrogen) atoms. The van der Waals surface area contributed by atoms with Crippen molar-refractivity contribution in [1.29, 1.82) is 0 Å². The first-order valence-electron chi connectivity index (χ1n) is 6.94. The summed E-state index contributed by atoms with van der Waals surface area (Å²) in [4.78, 5) is 12.7. The summed E-state index contributed by atoms with van der Waals surface area (Å²) >= 11 is 0. The highest BCUT2D eigenvalue weighted by molar-refractivity contribution is 5.67. The van der Waals surface area contributed by atoms with E-state index in [4.69, 9.17) is 9.52 Å². The number of carboxylic acids is 1. The standard InChI is InChI=1S/C15H17N3O3/c1-10-2-4-12(5-3-10)15-17-16-13(21-15)9-18-7-11(8-18)6-14(19)20/h2-5,11H,6-9H2,1H3,(H,19,20). The van der Waals surface area contributed by atoms with Gasteiger partial charge in [0.25, 0.3) is 0 Å². The number of carboxylic acid groups (broad SMARTS) is 1. The number of likely N-dealkylation sites (tertiary alicyclic amines) is 1. The molecule has 2 aromatic rings. The van der Waals surface area contributed by atoms with Crippen LogP contribution in [0.15, 0.2) is 28.7 Å². The summed E-state index contributed by atoms with van der Waals surface area (Å²) in [6, 6.07) is 7.93. The third kappa shape index (κ3) is 3.28. The van der Waals surface area contributed by atoms with E-state index in [1.807, 2.05) is 31.2 Å². The lowest BCUT2D eigenvalue weighted by Gasteiger charge is -2.37. The second kappa shape index (κ2) is 5.65. The lowest BCUT2D eigenvalue weighted by molar-refractivity contribution is -0.139. The zero-order valence-electron chi connectivity index (χ0n) is 11.8. The first-order chi connectivity index (χ1) is 10.1. The number of nitrogens with zero attached hydrogens (tertiary/aromatic N) is 3. The molecule has 0 aliphatic carbocycles.